The average Bonchev–Trinajstić information content (AvgIpc) is 2.42. The highest BCUT2D eigenvalue weighted by Gasteiger charge is 2.12. The van der Waals surface area contributed by atoms with Gasteiger partial charge in [-0.1, -0.05) is 0 Å². The van der Waals surface area contributed by atoms with Gasteiger partial charge in [0.25, 0.3) is 5.69 Å². The third-order valence-electron chi connectivity index (χ3n) is 2.55. The Kier molecular flexibility index (Phi) is 4.37. The van der Waals surface area contributed by atoms with E-state index in [4.69, 9.17) is 9.47 Å². The van der Waals surface area contributed by atoms with E-state index in [-0.39, 0.29) is 17.5 Å². The van der Waals surface area contributed by atoms with Crippen molar-refractivity contribution >= 4 is 5.69 Å². The summed E-state index contributed by atoms with van der Waals surface area (Å²) in [4.78, 5) is 9.87. The second-order valence-electron chi connectivity index (χ2n) is 4.61. The van der Waals surface area contributed by atoms with Gasteiger partial charge in [-0.05, 0) is 44.2 Å². The van der Waals surface area contributed by atoms with E-state index in [1.54, 1.807) is 24.3 Å². The molecule has 0 aliphatic rings. The van der Waals surface area contributed by atoms with Crippen LogP contribution in [0.3, 0.4) is 0 Å². The second kappa shape index (κ2) is 6.21. The molecule has 21 heavy (non-hydrogen) atoms. The van der Waals surface area contributed by atoms with Crippen LogP contribution in [0, 0.1) is 15.9 Å². The fraction of sp³-hybridized carbons (Fsp3) is 0.200. The molecular formula is C15H14FNO4. The Morgan fingerprint density at radius 1 is 1.10 bits per heavy atom. The van der Waals surface area contributed by atoms with Crippen LogP contribution in [-0.4, -0.2) is 11.0 Å². The number of non-ortho nitro benzene ring substituents is 1. The lowest BCUT2D eigenvalue weighted by Crippen LogP contribution is -2.05. The second-order valence-corrected chi connectivity index (χ2v) is 4.61. The summed E-state index contributed by atoms with van der Waals surface area (Å²) < 4.78 is 24.5. The summed E-state index contributed by atoms with van der Waals surface area (Å²) in [5.74, 6) is 0.241. The zero-order valence-electron chi connectivity index (χ0n) is 11.6. The molecule has 0 N–H and O–H groups in total. The number of hydrogen-bond acceptors (Lipinski definition) is 4. The molecule has 0 saturated carbocycles. The molecule has 0 radical (unpaired) electrons. The highest BCUT2D eigenvalue weighted by atomic mass is 19.1. The van der Waals surface area contributed by atoms with Crippen LogP contribution in [0.25, 0.3) is 0 Å². The maximum atomic E-state index is 13.7. The number of halogens is 1. The quantitative estimate of drug-likeness (QED) is 0.608. The van der Waals surface area contributed by atoms with Gasteiger partial charge < -0.3 is 9.47 Å². The molecule has 0 spiro atoms. The van der Waals surface area contributed by atoms with E-state index in [0.29, 0.717) is 11.5 Å². The van der Waals surface area contributed by atoms with E-state index < -0.39 is 10.7 Å². The molecule has 110 valence electrons. The Hall–Kier alpha value is -2.63. The summed E-state index contributed by atoms with van der Waals surface area (Å²) in [6.07, 6.45) is 0.0592. The van der Waals surface area contributed by atoms with E-state index >= 15 is 0 Å². The first-order valence-corrected chi connectivity index (χ1v) is 6.34. The number of benzene rings is 2. The summed E-state index contributed by atoms with van der Waals surface area (Å²) in [5, 5.41) is 10.5. The normalized spacial score (nSPS) is 10.5. The van der Waals surface area contributed by atoms with Gasteiger partial charge >= 0.3 is 0 Å². The maximum Gasteiger partial charge on any atom is 0.272 e. The summed E-state index contributed by atoms with van der Waals surface area (Å²) in [7, 11) is 0. The van der Waals surface area contributed by atoms with Gasteiger partial charge in [-0.3, -0.25) is 10.1 Å². The minimum Gasteiger partial charge on any atom is -0.491 e. The van der Waals surface area contributed by atoms with Gasteiger partial charge in [-0.15, -0.1) is 0 Å². The SMILES string of the molecule is CC(C)Oc1ccc(Oc2ccc([N+](=O)[O-])cc2F)cc1. The van der Waals surface area contributed by atoms with Crippen molar-refractivity contribution < 1.29 is 18.8 Å². The monoisotopic (exact) mass is 291 g/mol. The van der Waals surface area contributed by atoms with Crippen molar-refractivity contribution in [2.75, 3.05) is 0 Å². The Labute approximate surface area is 121 Å². The summed E-state index contributed by atoms with van der Waals surface area (Å²) in [5.41, 5.74) is -0.319. The highest BCUT2D eigenvalue weighted by Crippen LogP contribution is 2.28. The molecule has 0 amide bonds. The zero-order valence-corrected chi connectivity index (χ0v) is 11.6. The lowest BCUT2D eigenvalue weighted by Gasteiger charge is -2.11. The number of ether oxygens (including phenoxy) is 2. The molecule has 2 aromatic rings. The molecular weight excluding hydrogens is 277 g/mol. The Morgan fingerprint density at radius 2 is 1.71 bits per heavy atom. The van der Waals surface area contributed by atoms with Gasteiger partial charge in [0.05, 0.1) is 17.1 Å². The van der Waals surface area contributed by atoms with E-state index in [1.807, 2.05) is 13.8 Å². The molecule has 0 atom stereocenters. The van der Waals surface area contributed by atoms with Crippen LogP contribution < -0.4 is 9.47 Å². The lowest BCUT2D eigenvalue weighted by atomic mass is 10.3. The molecule has 0 saturated heterocycles. The van der Waals surface area contributed by atoms with Crippen molar-refractivity contribution in [3.8, 4) is 17.2 Å². The fourth-order valence-electron chi connectivity index (χ4n) is 1.67. The van der Waals surface area contributed by atoms with E-state index in [2.05, 4.69) is 0 Å². The van der Waals surface area contributed by atoms with Crippen molar-refractivity contribution in [3.63, 3.8) is 0 Å². The van der Waals surface area contributed by atoms with E-state index in [0.717, 1.165) is 6.07 Å². The maximum absolute atomic E-state index is 13.7. The predicted octanol–water partition coefficient (Wildman–Crippen LogP) is 4.31. The number of nitrogens with zero attached hydrogens (tertiary/aromatic N) is 1. The van der Waals surface area contributed by atoms with Crippen molar-refractivity contribution in [2.45, 2.75) is 20.0 Å². The number of nitro benzene ring substituents is 1. The summed E-state index contributed by atoms with van der Waals surface area (Å²) >= 11 is 0. The van der Waals surface area contributed by atoms with Crippen LogP contribution in [0.15, 0.2) is 42.5 Å². The third-order valence-corrected chi connectivity index (χ3v) is 2.55. The van der Waals surface area contributed by atoms with Crippen LogP contribution in [0.4, 0.5) is 10.1 Å². The van der Waals surface area contributed by atoms with Crippen LogP contribution in [0.2, 0.25) is 0 Å². The first-order valence-electron chi connectivity index (χ1n) is 6.34. The van der Waals surface area contributed by atoms with Gasteiger partial charge in [-0.25, -0.2) is 4.39 Å². The van der Waals surface area contributed by atoms with Gasteiger partial charge in [0.15, 0.2) is 11.6 Å². The Morgan fingerprint density at radius 3 is 2.24 bits per heavy atom. The van der Waals surface area contributed by atoms with Crippen molar-refractivity contribution in [3.05, 3.63) is 58.4 Å². The molecule has 2 aromatic carbocycles. The first-order chi connectivity index (χ1) is 9.95. The minimum absolute atomic E-state index is 0.0592. The molecule has 0 aliphatic carbocycles. The van der Waals surface area contributed by atoms with E-state index in [1.165, 1.54) is 12.1 Å². The minimum atomic E-state index is -0.785. The fourth-order valence-corrected chi connectivity index (χ4v) is 1.67. The number of hydrogen-bond donors (Lipinski definition) is 0. The smallest absolute Gasteiger partial charge is 0.272 e. The van der Waals surface area contributed by atoms with Crippen molar-refractivity contribution in [1.82, 2.24) is 0 Å². The molecule has 6 heteroatoms. The largest absolute Gasteiger partial charge is 0.491 e. The van der Waals surface area contributed by atoms with Gasteiger partial charge in [0.1, 0.15) is 11.5 Å². The molecule has 5 nitrogen and oxygen atoms in total. The first kappa shape index (κ1) is 14.8. The zero-order chi connectivity index (χ0) is 15.4. The molecule has 0 fully saturated rings. The van der Waals surface area contributed by atoms with Crippen molar-refractivity contribution in [2.24, 2.45) is 0 Å². The molecule has 2 rings (SSSR count). The van der Waals surface area contributed by atoms with Gasteiger partial charge in [0, 0.05) is 6.07 Å². The van der Waals surface area contributed by atoms with E-state index in [9.17, 15) is 14.5 Å². The van der Waals surface area contributed by atoms with Crippen LogP contribution in [0.5, 0.6) is 17.2 Å². The molecule has 0 heterocycles. The molecule has 0 unspecified atom stereocenters. The topological polar surface area (TPSA) is 61.6 Å². The van der Waals surface area contributed by atoms with Gasteiger partial charge in [-0.2, -0.15) is 0 Å². The summed E-state index contributed by atoms with van der Waals surface area (Å²) in [6.45, 7) is 3.83. The Balaban J connectivity index is 2.13. The van der Waals surface area contributed by atoms with Crippen LogP contribution >= 0.6 is 0 Å². The van der Waals surface area contributed by atoms with Crippen LogP contribution in [0.1, 0.15) is 13.8 Å². The van der Waals surface area contributed by atoms with Crippen LogP contribution in [-0.2, 0) is 0 Å². The van der Waals surface area contributed by atoms with Gasteiger partial charge in [0.2, 0.25) is 0 Å². The highest BCUT2D eigenvalue weighted by molar-refractivity contribution is 5.41. The summed E-state index contributed by atoms with van der Waals surface area (Å²) in [6, 6.07) is 9.93. The third kappa shape index (κ3) is 3.92. The standard InChI is InChI=1S/C15H14FNO4/c1-10(2)20-12-4-6-13(7-5-12)21-15-8-3-11(17(18)19)9-14(15)16/h3-10H,1-2H3. The molecule has 0 aromatic heterocycles. The lowest BCUT2D eigenvalue weighted by molar-refractivity contribution is -0.385. The number of rotatable bonds is 5. The molecule has 0 aliphatic heterocycles. The van der Waals surface area contributed by atoms with Crippen molar-refractivity contribution in [1.29, 1.82) is 0 Å². The average molecular weight is 291 g/mol. The Bertz CT molecular complexity index is 641. The molecule has 0 bridgehead atoms. The number of nitro groups is 1. The predicted molar refractivity (Wildman–Crippen MR) is 75.3 cm³/mol.